The number of thioether (sulfide) groups is 1. The number of hydrogen-bond acceptors (Lipinski definition) is 8. The van der Waals surface area contributed by atoms with Crippen LogP contribution < -0.4 is 30.2 Å². The van der Waals surface area contributed by atoms with Crippen LogP contribution in [0.2, 0.25) is 0 Å². The first-order chi connectivity index (χ1) is 20.6. The van der Waals surface area contributed by atoms with Gasteiger partial charge in [-0.15, -0.1) is 11.8 Å². The van der Waals surface area contributed by atoms with E-state index in [1.165, 1.54) is 11.8 Å². The minimum Gasteiger partial charge on any atom is -0.496 e. The van der Waals surface area contributed by atoms with Gasteiger partial charge in [-0.2, -0.15) is 0 Å². The Hall–Kier alpha value is -4.47. The third kappa shape index (κ3) is 5.53. The average Bonchev–Trinajstić information content (AvgIpc) is 3.02. The van der Waals surface area contributed by atoms with Crippen LogP contribution in [0.3, 0.4) is 0 Å². The van der Waals surface area contributed by atoms with Gasteiger partial charge >= 0.3 is 5.97 Å². The van der Waals surface area contributed by atoms with Crippen molar-refractivity contribution in [1.82, 2.24) is 0 Å². The number of anilines is 2. The Morgan fingerprint density at radius 1 is 0.930 bits per heavy atom. The fourth-order valence-electron chi connectivity index (χ4n) is 5.54. The van der Waals surface area contributed by atoms with Crippen molar-refractivity contribution in [2.45, 2.75) is 30.3 Å². The fourth-order valence-corrected chi connectivity index (χ4v) is 6.13. The number of ether oxygens (including phenoxy) is 3. The summed E-state index contributed by atoms with van der Waals surface area (Å²) >= 11 is 1.48. The number of amides is 1. The molecule has 1 heterocycles. The topological polar surface area (TPSA) is 103 Å². The molecule has 5 rings (SSSR count). The van der Waals surface area contributed by atoms with Gasteiger partial charge in [0.2, 0.25) is 0 Å². The van der Waals surface area contributed by atoms with Crippen molar-refractivity contribution in [3.05, 3.63) is 95.6 Å². The molecule has 0 saturated carbocycles. The first-order valence-electron chi connectivity index (χ1n) is 13.8. The van der Waals surface area contributed by atoms with Crippen LogP contribution >= 0.6 is 11.8 Å². The van der Waals surface area contributed by atoms with E-state index >= 15 is 0 Å². The summed E-state index contributed by atoms with van der Waals surface area (Å²) in [6.45, 7) is 3.70. The minimum atomic E-state index is -0.798. The van der Waals surface area contributed by atoms with E-state index in [0.717, 1.165) is 32.8 Å². The minimum absolute atomic E-state index is 0.0922. The van der Waals surface area contributed by atoms with Gasteiger partial charge in [-0.25, -0.2) is 4.79 Å². The van der Waals surface area contributed by atoms with Gasteiger partial charge < -0.3 is 30.2 Å². The van der Waals surface area contributed by atoms with Gasteiger partial charge in [-0.05, 0) is 62.1 Å². The summed E-state index contributed by atoms with van der Waals surface area (Å²) in [5.41, 5.74) is 11.2. The number of rotatable bonds is 8. The maximum atomic E-state index is 13.4. The maximum absolute atomic E-state index is 13.4. The molecule has 0 spiro atoms. The van der Waals surface area contributed by atoms with Crippen LogP contribution in [0.1, 0.15) is 41.4 Å². The molecule has 0 radical (unpaired) electrons. The van der Waals surface area contributed by atoms with E-state index in [1.807, 2.05) is 74.7 Å². The molecule has 0 fully saturated rings. The predicted octanol–water partition coefficient (Wildman–Crippen LogP) is 6.53. The number of carbonyl (C=O) groups is 2. The molecule has 43 heavy (non-hydrogen) atoms. The van der Waals surface area contributed by atoms with E-state index in [9.17, 15) is 9.59 Å². The second-order valence-corrected chi connectivity index (χ2v) is 11.6. The molecule has 0 aliphatic carbocycles. The van der Waals surface area contributed by atoms with Crippen LogP contribution in [0.15, 0.2) is 83.8 Å². The standard InChI is InChI=1S/C34H35N3O5S/c1-34(2)33(39)37(3)31-25(36-34)18-17-22(29(31)30(35)23-11-7-9-13-26(23)40-4)21-16-15-20(19-27(21)41-5)42-32(38)24-12-8-10-14-28(24)43-6/h7-19,30,36H,35H2,1-6H3. The lowest BCUT2D eigenvalue weighted by Gasteiger charge is -2.40. The first kappa shape index (κ1) is 30.0. The highest BCUT2D eigenvalue weighted by atomic mass is 32.2. The Labute approximate surface area is 256 Å². The Bertz CT molecular complexity index is 1700. The normalized spacial score (nSPS) is 14.4. The van der Waals surface area contributed by atoms with Crippen molar-refractivity contribution >= 4 is 35.0 Å². The molecular weight excluding hydrogens is 562 g/mol. The number of esters is 1. The monoisotopic (exact) mass is 597 g/mol. The van der Waals surface area contributed by atoms with E-state index in [0.29, 0.717) is 28.5 Å². The van der Waals surface area contributed by atoms with Crippen LogP contribution in [-0.4, -0.2) is 44.9 Å². The molecule has 1 aliphatic heterocycles. The largest absolute Gasteiger partial charge is 0.496 e. The quantitative estimate of drug-likeness (QED) is 0.134. The summed E-state index contributed by atoms with van der Waals surface area (Å²) in [5.74, 6) is 0.906. The van der Waals surface area contributed by atoms with Crippen LogP contribution in [0, 0.1) is 0 Å². The number of likely N-dealkylation sites (N-methyl/N-ethyl adjacent to an activating group) is 1. The molecular formula is C34H35N3O5S. The van der Waals surface area contributed by atoms with Crippen molar-refractivity contribution in [3.63, 3.8) is 0 Å². The molecule has 0 aromatic heterocycles. The maximum Gasteiger partial charge on any atom is 0.344 e. The summed E-state index contributed by atoms with van der Waals surface area (Å²) in [6, 6.07) is 23.4. The molecule has 222 valence electrons. The lowest BCUT2D eigenvalue weighted by Crippen LogP contribution is -2.52. The molecule has 4 aromatic carbocycles. The number of nitrogens with zero attached hydrogens (tertiary/aromatic N) is 1. The van der Waals surface area contributed by atoms with E-state index < -0.39 is 17.6 Å². The molecule has 1 unspecified atom stereocenters. The van der Waals surface area contributed by atoms with Crippen molar-refractivity contribution < 1.29 is 23.8 Å². The SMILES string of the molecule is COc1cc(OC(=O)c2ccccc2SC)ccc1-c1ccc2c(c1C(N)c1ccccc1OC)N(C)C(=O)C(C)(C)N2. The number of carbonyl (C=O) groups excluding carboxylic acids is 2. The molecule has 4 aromatic rings. The van der Waals surface area contributed by atoms with Gasteiger partial charge in [0.25, 0.3) is 5.91 Å². The zero-order valence-electron chi connectivity index (χ0n) is 25.1. The van der Waals surface area contributed by atoms with Crippen molar-refractivity contribution in [3.8, 4) is 28.4 Å². The van der Waals surface area contributed by atoms with Crippen molar-refractivity contribution in [2.24, 2.45) is 5.73 Å². The number of hydrogen-bond donors (Lipinski definition) is 2. The summed E-state index contributed by atoms with van der Waals surface area (Å²) in [4.78, 5) is 29.0. The van der Waals surface area contributed by atoms with Crippen molar-refractivity contribution in [2.75, 3.05) is 37.7 Å². The smallest absolute Gasteiger partial charge is 0.344 e. The number of para-hydroxylation sites is 1. The van der Waals surface area contributed by atoms with Crippen LogP contribution in [0.25, 0.3) is 11.1 Å². The van der Waals surface area contributed by atoms with Crippen LogP contribution in [0.5, 0.6) is 17.2 Å². The molecule has 9 heteroatoms. The first-order valence-corrected chi connectivity index (χ1v) is 15.0. The molecule has 3 N–H and O–H groups in total. The van der Waals surface area contributed by atoms with Gasteiger partial charge in [0, 0.05) is 34.7 Å². The summed E-state index contributed by atoms with van der Waals surface area (Å²) in [6.07, 6.45) is 1.91. The molecule has 8 nitrogen and oxygen atoms in total. The van der Waals surface area contributed by atoms with E-state index in [2.05, 4.69) is 5.32 Å². The lowest BCUT2D eigenvalue weighted by molar-refractivity contribution is -0.121. The number of fused-ring (bicyclic) bond motifs is 1. The Balaban J connectivity index is 1.65. The second-order valence-electron chi connectivity index (χ2n) is 10.7. The van der Waals surface area contributed by atoms with Gasteiger partial charge in [0.05, 0.1) is 37.2 Å². The molecule has 1 amide bonds. The number of nitrogens with two attached hydrogens (primary N) is 1. The van der Waals surface area contributed by atoms with Crippen LogP contribution in [-0.2, 0) is 4.79 Å². The van der Waals surface area contributed by atoms with Gasteiger partial charge in [-0.1, -0.05) is 36.4 Å². The Morgan fingerprint density at radius 2 is 1.60 bits per heavy atom. The zero-order chi connectivity index (χ0) is 30.9. The number of benzene rings is 4. The highest BCUT2D eigenvalue weighted by molar-refractivity contribution is 7.98. The number of methoxy groups -OCH3 is 2. The van der Waals surface area contributed by atoms with Crippen molar-refractivity contribution in [1.29, 1.82) is 0 Å². The predicted molar refractivity (Wildman–Crippen MR) is 172 cm³/mol. The molecule has 0 saturated heterocycles. The third-order valence-electron chi connectivity index (χ3n) is 7.62. The summed E-state index contributed by atoms with van der Waals surface area (Å²) < 4.78 is 17.2. The highest BCUT2D eigenvalue weighted by Gasteiger charge is 2.40. The lowest BCUT2D eigenvalue weighted by atomic mass is 9.86. The number of nitrogens with one attached hydrogen (secondary N) is 1. The third-order valence-corrected chi connectivity index (χ3v) is 8.42. The summed E-state index contributed by atoms with van der Waals surface area (Å²) in [7, 11) is 4.93. The second kappa shape index (κ2) is 12.0. The summed E-state index contributed by atoms with van der Waals surface area (Å²) in [5, 5.41) is 3.39. The zero-order valence-corrected chi connectivity index (χ0v) is 25.9. The Kier molecular flexibility index (Phi) is 8.39. The highest BCUT2D eigenvalue weighted by Crippen LogP contribution is 2.48. The fraction of sp³-hybridized carbons (Fsp3) is 0.235. The van der Waals surface area contributed by atoms with Gasteiger partial charge in [-0.3, -0.25) is 4.79 Å². The molecule has 1 aliphatic rings. The van der Waals surface area contributed by atoms with Gasteiger partial charge in [0.15, 0.2) is 0 Å². The molecule has 1 atom stereocenters. The van der Waals surface area contributed by atoms with E-state index in [-0.39, 0.29) is 5.91 Å². The Morgan fingerprint density at radius 3 is 2.33 bits per heavy atom. The molecule has 0 bridgehead atoms. The average molecular weight is 598 g/mol. The van der Waals surface area contributed by atoms with E-state index in [1.54, 1.807) is 50.4 Å². The van der Waals surface area contributed by atoms with Crippen LogP contribution in [0.4, 0.5) is 11.4 Å². The van der Waals surface area contributed by atoms with Gasteiger partial charge in [0.1, 0.15) is 22.8 Å². The van der Waals surface area contributed by atoms with E-state index in [4.69, 9.17) is 19.9 Å².